The van der Waals surface area contributed by atoms with Crippen LogP contribution in [0, 0.1) is 0 Å². The molecule has 0 saturated carbocycles. The standard InChI is InChI=1S/C11H14ClNO2/c12-10-8(4-5-13)2-3-9-11(10)15-7-1-6-14-9/h2-3H,1,4-7,13H2. The lowest BCUT2D eigenvalue weighted by atomic mass is 10.1. The second-order valence-electron chi connectivity index (χ2n) is 3.46. The average molecular weight is 228 g/mol. The van der Waals surface area contributed by atoms with E-state index in [-0.39, 0.29) is 0 Å². The van der Waals surface area contributed by atoms with Gasteiger partial charge >= 0.3 is 0 Å². The van der Waals surface area contributed by atoms with Crippen molar-refractivity contribution >= 4 is 11.6 Å². The molecule has 0 atom stereocenters. The summed E-state index contributed by atoms with van der Waals surface area (Å²) in [6.07, 6.45) is 1.65. The number of rotatable bonds is 2. The van der Waals surface area contributed by atoms with Crippen molar-refractivity contribution in [1.29, 1.82) is 0 Å². The fourth-order valence-corrected chi connectivity index (χ4v) is 1.90. The Bertz CT molecular complexity index is 355. The number of hydrogen-bond donors (Lipinski definition) is 1. The molecular formula is C11H14ClNO2. The Morgan fingerprint density at radius 3 is 2.87 bits per heavy atom. The highest BCUT2D eigenvalue weighted by Crippen LogP contribution is 2.39. The Hall–Kier alpha value is -0.930. The molecule has 15 heavy (non-hydrogen) atoms. The largest absolute Gasteiger partial charge is 0.490 e. The lowest BCUT2D eigenvalue weighted by Crippen LogP contribution is -2.04. The van der Waals surface area contributed by atoms with Crippen LogP contribution in [0.4, 0.5) is 0 Å². The minimum atomic E-state index is 0.583. The maximum atomic E-state index is 6.22. The summed E-state index contributed by atoms with van der Waals surface area (Å²) >= 11 is 6.22. The summed E-state index contributed by atoms with van der Waals surface area (Å²) in [5, 5.41) is 0.639. The van der Waals surface area contributed by atoms with Crippen LogP contribution in [0.2, 0.25) is 5.02 Å². The van der Waals surface area contributed by atoms with Crippen LogP contribution in [-0.4, -0.2) is 19.8 Å². The number of halogens is 1. The third-order valence-electron chi connectivity index (χ3n) is 2.35. The first-order chi connectivity index (χ1) is 7.33. The Balaban J connectivity index is 2.36. The molecule has 1 heterocycles. The van der Waals surface area contributed by atoms with Crippen LogP contribution in [0.3, 0.4) is 0 Å². The van der Waals surface area contributed by atoms with Crippen LogP contribution >= 0.6 is 11.6 Å². The summed E-state index contributed by atoms with van der Waals surface area (Å²) < 4.78 is 11.1. The molecule has 1 aliphatic heterocycles. The van der Waals surface area contributed by atoms with Crippen molar-refractivity contribution in [3.63, 3.8) is 0 Å². The van der Waals surface area contributed by atoms with E-state index in [1.165, 1.54) is 0 Å². The van der Waals surface area contributed by atoms with Gasteiger partial charge in [0.2, 0.25) is 0 Å². The van der Waals surface area contributed by atoms with E-state index in [9.17, 15) is 0 Å². The van der Waals surface area contributed by atoms with Gasteiger partial charge in [0.1, 0.15) is 0 Å². The van der Waals surface area contributed by atoms with Crippen molar-refractivity contribution in [3.05, 3.63) is 22.7 Å². The van der Waals surface area contributed by atoms with Gasteiger partial charge in [-0.25, -0.2) is 0 Å². The molecule has 1 aromatic carbocycles. The van der Waals surface area contributed by atoms with Gasteiger partial charge in [-0.2, -0.15) is 0 Å². The fraction of sp³-hybridized carbons (Fsp3) is 0.455. The topological polar surface area (TPSA) is 44.5 Å². The molecule has 4 heteroatoms. The molecule has 0 bridgehead atoms. The first kappa shape index (κ1) is 10.6. The second kappa shape index (κ2) is 4.73. The summed E-state index contributed by atoms with van der Waals surface area (Å²) in [4.78, 5) is 0. The Morgan fingerprint density at radius 1 is 1.27 bits per heavy atom. The normalized spacial score (nSPS) is 14.8. The lowest BCUT2D eigenvalue weighted by Gasteiger charge is -2.11. The molecule has 0 amide bonds. The van der Waals surface area contributed by atoms with Gasteiger partial charge in [-0.3, -0.25) is 0 Å². The van der Waals surface area contributed by atoms with Gasteiger partial charge in [0.05, 0.1) is 18.2 Å². The third-order valence-corrected chi connectivity index (χ3v) is 2.76. The molecule has 1 aromatic rings. The van der Waals surface area contributed by atoms with E-state index in [2.05, 4.69) is 0 Å². The molecule has 1 aliphatic rings. The third kappa shape index (κ3) is 2.19. The zero-order valence-corrected chi connectivity index (χ0v) is 9.22. The summed E-state index contributed by atoms with van der Waals surface area (Å²) in [5.41, 5.74) is 6.52. The van der Waals surface area contributed by atoms with Crippen LogP contribution in [-0.2, 0) is 6.42 Å². The summed E-state index contributed by atoms with van der Waals surface area (Å²) in [7, 11) is 0. The molecule has 0 aromatic heterocycles. The van der Waals surface area contributed by atoms with Gasteiger partial charge in [0.15, 0.2) is 11.5 Å². The first-order valence-electron chi connectivity index (χ1n) is 5.10. The predicted molar refractivity (Wildman–Crippen MR) is 59.8 cm³/mol. The highest BCUT2D eigenvalue weighted by Gasteiger charge is 2.16. The van der Waals surface area contributed by atoms with Crippen molar-refractivity contribution in [2.45, 2.75) is 12.8 Å². The number of fused-ring (bicyclic) bond motifs is 1. The van der Waals surface area contributed by atoms with E-state index >= 15 is 0 Å². The van der Waals surface area contributed by atoms with Crippen LogP contribution in [0.1, 0.15) is 12.0 Å². The van der Waals surface area contributed by atoms with E-state index in [1.807, 2.05) is 12.1 Å². The molecule has 0 radical (unpaired) electrons. The van der Waals surface area contributed by atoms with Crippen molar-refractivity contribution in [2.75, 3.05) is 19.8 Å². The van der Waals surface area contributed by atoms with E-state index < -0.39 is 0 Å². The number of ether oxygens (including phenoxy) is 2. The van der Waals surface area contributed by atoms with Crippen molar-refractivity contribution < 1.29 is 9.47 Å². The lowest BCUT2D eigenvalue weighted by molar-refractivity contribution is 0.297. The van der Waals surface area contributed by atoms with Crippen molar-refractivity contribution in [1.82, 2.24) is 0 Å². The highest BCUT2D eigenvalue weighted by molar-refractivity contribution is 6.33. The molecule has 2 N–H and O–H groups in total. The zero-order chi connectivity index (χ0) is 10.7. The molecular weight excluding hydrogens is 214 g/mol. The minimum absolute atomic E-state index is 0.583. The number of benzene rings is 1. The van der Waals surface area contributed by atoms with Gasteiger partial charge in [0.25, 0.3) is 0 Å². The maximum Gasteiger partial charge on any atom is 0.180 e. The minimum Gasteiger partial charge on any atom is -0.490 e. The van der Waals surface area contributed by atoms with Crippen LogP contribution in [0.15, 0.2) is 12.1 Å². The highest BCUT2D eigenvalue weighted by atomic mass is 35.5. The first-order valence-corrected chi connectivity index (χ1v) is 5.48. The van der Waals surface area contributed by atoms with Gasteiger partial charge in [0, 0.05) is 6.42 Å². The van der Waals surface area contributed by atoms with Crippen LogP contribution < -0.4 is 15.2 Å². The second-order valence-corrected chi connectivity index (χ2v) is 3.83. The van der Waals surface area contributed by atoms with E-state index in [0.29, 0.717) is 30.5 Å². The molecule has 82 valence electrons. The Kier molecular flexibility index (Phi) is 3.34. The molecule has 3 nitrogen and oxygen atoms in total. The number of nitrogens with two attached hydrogens (primary N) is 1. The maximum absolute atomic E-state index is 6.22. The summed E-state index contributed by atoms with van der Waals surface area (Å²) in [5.74, 6) is 1.40. The van der Waals surface area contributed by atoms with Crippen LogP contribution in [0.25, 0.3) is 0 Å². The van der Waals surface area contributed by atoms with Crippen LogP contribution in [0.5, 0.6) is 11.5 Å². The van der Waals surface area contributed by atoms with E-state index in [4.69, 9.17) is 26.8 Å². The average Bonchev–Trinajstić information content (AvgIpc) is 2.48. The fourth-order valence-electron chi connectivity index (χ4n) is 1.59. The van der Waals surface area contributed by atoms with E-state index in [0.717, 1.165) is 24.2 Å². The van der Waals surface area contributed by atoms with Gasteiger partial charge in [-0.05, 0) is 24.6 Å². The van der Waals surface area contributed by atoms with Gasteiger partial charge in [-0.15, -0.1) is 0 Å². The summed E-state index contributed by atoms with van der Waals surface area (Å²) in [6.45, 7) is 1.91. The zero-order valence-electron chi connectivity index (χ0n) is 8.46. The van der Waals surface area contributed by atoms with Crippen molar-refractivity contribution in [2.24, 2.45) is 5.73 Å². The Labute approximate surface area is 94.1 Å². The quantitative estimate of drug-likeness (QED) is 0.841. The molecule has 0 fully saturated rings. The molecule has 0 aliphatic carbocycles. The molecule has 0 spiro atoms. The van der Waals surface area contributed by atoms with Gasteiger partial charge in [-0.1, -0.05) is 17.7 Å². The van der Waals surface area contributed by atoms with Gasteiger partial charge < -0.3 is 15.2 Å². The SMILES string of the molecule is NCCc1ccc2c(c1Cl)OCCCO2. The predicted octanol–water partition coefficient (Wildman–Crippen LogP) is 2.00. The summed E-state index contributed by atoms with van der Waals surface area (Å²) in [6, 6.07) is 3.85. The monoisotopic (exact) mass is 227 g/mol. The Morgan fingerprint density at radius 2 is 2.07 bits per heavy atom. The smallest absolute Gasteiger partial charge is 0.180 e. The molecule has 2 rings (SSSR count). The molecule has 0 unspecified atom stereocenters. The van der Waals surface area contributed by atoms with E-state index in [1.54, 1.807) is 0 Å². The van der Waals surface area contributed by atoms with Crippen molar-refractivity contribution in [3.8, 4) is 11.5 Å². The molecule has 0 saturated heterocycles. The number of hydrogen-bond acceptors (Lipinski definition) is 3.